The van der Waals surface area contributed by atoms with E-state index in [1.807, 2.05) is 36.4 Å². The number of ether oxygens (including phenoxy) is 2. The molecule has 0 fully saturated rings. The van der Waals surface area contributed by atoms with Crippen molar-refractivity contribution in [2.75, 3.05) is 26.8 Å². The summed E-state index contributed by atoms with van der Waals surface area (Å²) in [5, 5.41) is 8.57. The number of carbonyl (C=O) groups excluding carboxylic acids is 1. The van der Waals surface area contributed by atoms with Crippen molar-refractivity contribution < 1.29 is 14.3 Å². The summed E-state index contributed by atoms with van der Waals surface area (Å²) in [6, 6.07) is 11.5. The normalized spacial score (nSPS) is 9.68. The predicted molar refractivity (Wildman–Crippen MR) is 70.3 cm³/mol. The molecule has 1 aromatic carbocycles. The zero-order valence-corrected chi connectivity index (χ0v) is 11.0. The molecule has 1 aromatic rings. The number of hydrogen-bond donors (Lipinski definition) is 0. The van der Waals surface area contributed by atoms with Gasteiger partial charge < -0.3 is 14.4 Å². The number of amides is 1. The maximum absolute atomic E-state index is 11.9. The number of carbonyl (C=O) groups is 1. The van der Waals surface area contributed by atoms with Gasteiger partial charge in [-0.2, -0.15) is 5.26 Å². The molecule has 0 heterocycles. The first-order chi connectivity index (χ1) is 9.27. The van der Waals surface area contributed by atoms with E-state index in [2.05, 4.69) is 0 Å². The van der Waals surface area contributed by atoms with Crippen LogP contribution in [0.5, 0.6) is 0 Å². The molecule has 0 spiro atoms. The minimum absolute atomic E-state index is 0.232. The van der Waals surface area contributed by atoms with Crippen LogP contribution in [0.3, 0.4) is 0 Å². The Labute approximate surface area is 113 Å². The van der Waals surface area contributed by atoms with Gasteiger partial charge in [-0.15, -0.1) is 0 Å². The highest BCUT2D eigenvalue weighted by Gasteiger charge is 2.14. The first-order valence-corrected chi connectivity index (χ1v) is 6.09. The molecule has 19 heavy (non-hydrogen) atoms. The van der Waals surface area contributed by atoms with Crippen LogP contribution in [0.4, 0.5) is 4.79 Å². The standard InChI is InChI=1S/C14H18N2O3/c1-18-11-10-16(9-5-8-15)14(17)19-12-13-6-3-2-4-7-13/h2-4,6-7H,5,9-12H2,1H3. The van der Waals surface area contributed by atoms with E-state index in [9.17, 15) is 4.79 Å². The van der Waals surface area contributed by atoms with Gasteiger partial charge in [0.1, 0.15) is 6.61 Å². The Balaban J connectivity index is 2.44. The molecule has 0 saturated carbocycles. The lowest BCUT2D eigenvalue weighted by molar-refractivity contribution is 0.0832. The van der Waals surface area contributed by atoms with Crippen molar-refractivity contribution in [2.45, 2.75) is 13.0 Å². The van der Waals surface area contributed by atoms with Crippen molar-refractivity contribution >= 4 is 6.09 Å². The highest BCUT2D eigenvalue weighted by Crippen LogP contribution is 2.04. The van der Waals surface area contributed by atoms with Gasteiger partial charge in [-0.1, -0.05) is 30.3 Å². The monoisotopic (exact) mass is 262 g/mol. The van der Waals surface area contributed by atoms with E-state index in [4.69, 9.17) is 14.7 Å². The zero-order valence-electron chi connectivity index (χ0n) is 11.0. The van der Waals surface area contributed by atoms with Gasteiger partial charge in [0.15, 0.2) is 0 Å². The molecular weight excluding hydrogens is 244 g/mol. The van der Waals surface area contributed by atoms with E-state index in [0.717, 1.165) is 5.56 Å². The van der Waals surface area contributed by atoms with Gasteiger partial charge in [-0.3, -0.25) is 0 Å². The first kappa shape index (κ1) is 15.0. The molecule has 0 aliphatic rings. The summed E-state index contributed by atoms with van der Waals surface area (Å²) >= 11 is 0. The second-order valence-electron chi connectivity index (χ2n) is 3.93. The summed E-state index contributed by atoms with van der Waals surface area (Å²) < 4.78 is 10.1. The molecule has 5 nitrogen and oxygen atoms in total. The fourth-order valence-electron chi connectivity index (χ4n) is 1.49. The largest absolute Gasteiger partial charge is 0.445 e. The van der Waals surface area contributed by atoms with E-state index >= 15 is 0 Å². The van der Waals surface area contributed by atoms with Crippen molar-refractivity contribution in [1.82, 2.24) is 4.90 Å². The number of benzene rings is 1. The molecule has 0 aliphatic heterocycles. The van der Waals surface area contributed by atoms with Crippen LogP contribution in [0.15, 0.2) is 30.3 Å². The van der Waals surface area contributed by atoms with Crippen molar-refractivity contribution in [3.63, 3.8) is 0 Å². The fourth-order valence-corrected chi connectivity index (χ4v) is 1.49. The summed E-state index contributed by atoms with van der Waals surface area (Å²) in [7, 11) is 1.57. The Morgan fingerprint density at radius 2 is 2.05 bits per heavy atom. The topological polar surface area (TPSA) is 62.6 Å². The Morgan fingerprint density at radius 1 is 1.32 bits per heavy atom. The second kappa shape index (κ2) is 8.95. The lowest BCUT2D eigenvalue weighted by Crippen LogP contribution is -2.35. The maximum atomic E-state index is 11.9. The Kier molecular flexibility index (Phi) is 7.06. The van der Waals surface area contributed by atoms with E-state index in [0.29, 0.717) is 19.7 Å². The van der Waals surface area contributed by atoms with Gasteiger partial charge in [0.05, 0.1) is 19.1 Å². The molecule has 102 valence electrons. The molecule has 5 heteroatoms. The number of nitriles is 1. The third-order valence-electron chi connectivity index (χ3n) is 2.52. The van der Waals surface area contributed by atoms with Gasteiger partial charge in [-0.25, -0.2) is 4.79 Å². The highest BCUT2D eigenvalue weighted by atomic mass is 16.6. The van der Waals surface area contributed by atoms with E-state index in [1.165, 1.54) is 4.90 Å². The lowest BCUT2D eigenvalue weighted by atomic mass is 10.2. The van der Waals surface area contributed by atoms with Crippen LogP contribution in [0.25, 0.3) is 0 Å². The molecule has 0 N–H and O–H groups in total. The van der Waals surface area contributed by atoms with Crippen LogP contribution < -0.4 is 0 Å². The molecule has 0 bridgehead atoms. The molecule has 0 unspecified atom stereocenters. The minimum atomic E-state index is -0.420. The van der Waals surface area contributed by atoms with Crippen LogP contribution in [-0.2, 0) is 16.1 Å². The predicted octanol–water partition coefficient (Wildman–Crippen LogP) is 2.19. The molecule has 0 aromatic heterocycles. The molecule has 1 amide bonds. The molecule has 0 atom stereocenters. The summed E-state index contributed by atoms with van der Waals surface area (Å²) in [6.45, 7) is 1.43. The molecule has 1 rings (SSSR count). The number of rotatable bonds is 7. The maximum Gasteiger partial charge on any atom is 0.410 e. The summed E-state index contributed by atoms with van der Waals surface area (Å²) in [6.07, 6.45) is -0.138. The van der Waals surface area contributed by atoms with Gasteiger partial charge >= 0.3 is 6.09 Å². The van der Waals surface area contributed by atoms with Crippen molar-refractivity contribution in [3.05, 3.63) is 35.9 Å². The summed E-state index contributed by atoms with van der Waals surface area (Å²) in [4.78, 5) is 13.3. The number of hydrogen-bond acceptors (Lipinski definition) is 4. The van der Waals surface area contributed by atoms with Crippen LogP contribution >= 0.6 is 0 Å². The summed E-state index contributed by atoms with van der Waals surface area (Å²) in [5.41, 5.74) is 0.933. The van der Waals surface area contributed by atoms with E-state index in [1.54, 1.807) is 7.11 Å². The highest BCUT2D eigenvalue weighted by molar-refractivity contribution is 5.67. The minimum Gasteiger partial charge on any atom is -0.445 e. The Hall–Kier alpha value is -2.06. The van der Waals surface area contributed by atoms with Crippen LogP contribution in [-0.4, -0.2) is 37.8 Å². The van der Waals surface area contributed by atoms with Gasteiger partial charge in [0.2, 0.25) is 0 Å². The molecule has 0 aliphatic carbocycles. The quantitative estimate of drug-likeness (QED) is 0.755. The van der Waals surface area contributed by atoms with Crippen molar-refractivity contribution in [1.29, 1.82) is 5.26 Å². The zero-order chi connectivity index (χ0) is 13.9. The third-order valence-corrected chi connectivity index (χ3v) is 2.52. The number of nitrogens with zero attached hydrogens (tertiary/aromatic N) is 2. The van der Waals surface area contributed by atoms with Crippen molar-refractivity contribution in [2.24, 2.45) is 0 Å². The van der Waals surface area contributed by atoms with Crippen LogP contribution in [0.1, 0.15) is 12.0 Å². The molecular formula is C14H18N2O3. The lowest BCUT2D eigenvalue weighted by Gasteiger charge is -2.20. The van der Waals surface area contributed by atoms with E-state index < -0.39 is 6.09 Å². The smallest absolute Gasteiger partial charge is 0.410 e. The van der Waals surface area contributed by atoms with Gasteiger partial charge in [-0.05, 0) is 5.56 Å². The van der Waals surface area contributed by atoms with Gasteiger partial charge in [0, 0.05) is 20.2 Å². The third kappa shape index (κ3) is 5.89. The second-order valence-corrected chi connectivity index (χ2v) is 3.93. The van der Waals surface area contributed by atoms with Crippen molar-refractivity contribution in [3.8, 4) is 6.07 Å². The molecule has 0 saturated heterocycles. The van der Waals surface area contributed by atoms with Gasteiger partial charge in [0.25, 0.3) is 0 Å². The Bertz CT molecular complexity index is 414. The first-order valence-electron chi connectivity index (χ1n) is 6.09. The average molecular weight is 262 g/mol. The van der Waals surface area contributed by atoms with E-state index in [-0.39, 0.29) is 13.0 Å². The fraction of sp³-hybridized carbons (Fsp3) is 0.429. The average Bonchev–Trinajstić information content (AvgIpc) is 2.46. The van der Waals surface area contributed by atoms with Crippen LogP contribution in [0, 0.1) is 11.3 Å². The summed E-state index contributed by atoms with van der Waals surface area (Å²) in [5.74, 6) is 0. The Morgan fingerprint density at radius 3 is 2.68 bits per heavy atom. The van der Waals surface area contributed by atoms with Crippen LogP contribution in [0.2, 0.25) is 0 Å². The molecule has 0 radical (unpaired) electrons. The number of methoxy groups -OCH3 is 1. The SMILES string of the molecule is COCCN(CCC#N)C(=O)OCc1ccccc1.